The van der Waals surface area contributed by atoms with Gasteiger partial charge in [0.2, 0.25) is 0 Å². The first-order valence-electron chi connectivity index (χ1n) is 7.95. The Morgan fingerprint density at radius 2 is 1.92 bits per heavy atom. The van der Waals surface area contributed by atoms with E-state index in [0.717, 1.165) is 16.9 Å². The third-order valence-corrected chi connectivity index (χ3v) is 3.96. The molecule has 0 radical (unpaired) electrons. The van der Waals surface area contributed by atoms with E-state index in [0.29, 0.717) is 11.4 Å². The van der Waals surface area contributed by atoms with Gasteiger partial charge in [-0.1, -0.05) is 18.2 Å². The van der Waals surface area contributed by atoms with Gasteiger partial charge in [0.05, 0.1) is 18.2 Å². The largest absolute Gasteiger partial charge is 0.321 e. The number of hydrogen-bond acceptors (Lipinski definition) is 5. The summed E-state index contributed by atoms with van der Waals surface area (Å²) >= 11 is 0. The van der Waals surface area contributed by atoms with Crippen LogP contribution in [0.1, 0.15) is 16.1 Å². The number of hydrogen-bond donors (Lipinski definition) is 1. The minimum Gasteiger partial charge on any atom is -0.321 e. The fourth-order valence-corrected chi connectivity index (χ4v) is 2.71. The highest BCUT2D eigenvalue weighted by Gasteiger charge is 2.14. The number of aromatic nitrogens is 6. The monoisotopic (exact) mass is 345 g/mol. The van der Waals surface area contributed by atoms with Gasteiger partial charge < -0.3 is 5.32 Å². The molecule has 0 aliphatic heterocycles. The van der Waals surface area contributed by atoms with E-state index in [1.807, 2.05) is 55.5 Å². The second-order valence-electron chi connectivity index (χ2n) is 5.69. The summed E-state index contributed by atoms with van der Waals surface area (Å²) in [7, 11) is 0. The molecule has 0 fully saturated rings. The lowest BCUT2D eigenvalue weighted by molar-refractivity contribution is 0.102. The van der Waals surface area contributed by atoms with Crippen molar-refractivity contribution in [2.45, 2.75) is 6.92 Å². The number of benzene rings is 2. The second-order valence-corrected chi connectivity index (χ2v) is 5.69. The summed E-state index contributed by atoms with van der Waals surface area (Å²) in [6.07, 6.45) is 4.69. The van der Waals surface area contributed by atoms with Gasteiger partial charge in [-0.15, -0.1) is 5.10 Å². The van der Waals surface area contributed by atoms with E-state index in [1.54, 1.807) is 21.8 Å². The first-order valence-corrected chi connectivity index (χ1v) is 7.95. The zero-order valence-corrected chi connectivity index (χ0v) is 13.9. The van der Waals surface area contributed by atoms with Crippen molar-refractivity contribution in [1.82, 2.24) is 29.8 Å². The molecule has 0 saturated carbocycles. The molecule has 0 unspecified atom stereocenters. The lowest BCUT2D eigenvalue weighted by Gasteiger charge is -2.11. The highest BCUT2D eigenvalue weighted by Crippen LogP contribution is 2.19. The number of rotatable bonds is 4. The molecule has 0 atom stereocenters. The third kappa shape index (κ3) is 2.95. The molecule has 2 aromatic heterocycles. The Morgan fingerprint density at radius 1 is 1.08 bits per heavy atom. The maximum absolute atomic E-state index is 12.7. The Morgan fingerprint density at radius 3 is 2.65 bits per heavy atom. The molecule has 4 rings (SSSR count). The van der Waals surface area contributed by atoms with Crippen molar-refractivity contribution in [3.05, 3.63) is 78.6 Å². The Hall–Kier alpha value is -3.81. The lowest BCUT2D eigenvalue weighted by atomic mass is 10.1. The molecule has 0 aliphatic rings. The molecule has 0 saturated heterocycles. The van der Waals surface area contributed by atoms with Gasteiger partial charge in [-0.25, -0.2) is 9.67 Å². The van der Waals surface area contributed by atoms with Gasteiger partial charge in [-0.05, 0) is 53.2 Å². The number of imidazole rings is 1. The number of anilines is 1. The molecule has 2 heterocycles. The molecule has 4 aromatic rings. The van der Waals surface area contributed by atoms with E-state index in [-0.39, 0.29) is 5.91 Å². The minimum absolute atomic E-state index is 0.235. The molecular formula is C18H15N7O. The summed E-state index contributed by atoms with van der Waals surface area (Å²) < 4.78 is 3.32. The summed E-state index contributed by atoms with van der Waals surface area (Å²) in [5.41, 5.74) is 3.80. The molecule has 0 spiro atoms. The van der Waals surface area contributed by atoms with Crippen LogP contribution in [0.2, 0.25) is 0 Å². The summed E-state index contributed by atoms with van der Waals surface area (Å²) in [5, 5.41) is 14.1. The number of carbonyl (C=O) groups is 1. The Labute approximate surface area is 149 Å². The highest BCUT2D eigenvalue weighted by molar-refractivity contribution is 6.03. The first kappa shape index (κ1) is 15.7. The Kier molecular flexibility index (Phi) is 3.98. The van der Waals surface area contributed by atoms with Crippen LogP contribution in [0.25, 0.3) is 11.4 Å². The molecule has 0 bridgehead atoms. The standard InChI is InChI=1S/C18H15N7O/c1-13-9-14(7-8-16(13)25-12-20-22-23-25)21-18(26)17-10-19-11-24(17)15-5-3-2-4-6-15/h2-12H,1H3,(H,21,26). The number of para-hydroxylation sites is 1. The van der Waals surface area contributed by atoms with Crippen LogP contribution >= 0.6 is 0 Å². The molecule has 0 aliphatic carbocycles. The minimum atomic E-state index is -0.235. The molecule has 2 aromatic carbocycles. The van der Waals surface area contributed by atoms with Crippen molar-refractivity contribution >= 4 is 11.6 Å². The van der Waals surface area contributed by atoms with Gasteiger partial charge in [0.1, 0.15) is 12.0 Å². The molecule has 26 heavy (non-hydrogen) atoms. The van der Waals surface area contributed by atoms with Crippen molar-refractivity contribution in [3.8, 4) is 11.4 Å². The molecule has 8 nitrogen and oxygen atoms in total. The van der Waals surface area contributed by atoms with Gasteiger partial charge in [0.15, 0.2) is 0 Å². The van der Waals surface area contributed by atoms with Crippen molar-refractivity contribution in [2.75, 3.05) is 5.32 Å². The van der Waals surface area contributed by atoms with E-state index in [1.165, 1.54) is 6.33 Å². The zero-order chi connectivity index (χ0) is 17.9. The molecule has 1 N–H and O–H groups in total. The summed E-state index contributed by atoms with van der Waals surface area (Å²) in [4.78, 5) is 16.8. The van der Waals surface area contributed by atoms with Gasteiger partial charge in [0.25, 0.3) is 5.91 Å². The topological polar surface area (TPSA) is 90.5 Å². The lowest BCUT2D eigenvalue weighted by Crippen LogP contribution is -2.16. The van der Waals surface area contributed by atoms with E-state index < -0.39 is 0 Å². The Bertz CT molecular complexity index is 1040. The van der Waals surface area contributed by atoms with Crippen molar-refractivity contribution in [1.29, 1.82) is 0 Å². The predicted octanol–water partition coefficient (Wildman–Crippen LogP) is 2.41. The average molecular weight is 345 g/mol. The van der Waals surface area contributed by atoms with Crippen LogP contribution in [0, 0.1) is 6.92 Å². The van der Waals surface area contributed by atoms with E-state index in [2.05, 4.69) is 25.8 Å². The maximum atomic E-state index is 12.7. The fraction of sp³-hybridized carbons (Fsp3) is 0.0556. The molecule has 8 heteroatoms. The third-order valence-electron chi connectivity index (χ3n) is 3.96. The SMILES string of the molecule is Cc1cc(NC(=O)c2cncn2-c2ccccc2)ccc1-n1cnnn1. The van der Waals surface area contributed by atoms with Crippen LogP contribution in [0.4, 0.5) is 5.69 Å². The first-order chi connectivity index (χ1) is 12.7. The summed E-state index contributed by atoms with van der Waals surface area (Å²) in [6, 6.07) is 15.1. The number of aryl methyl sites for hydroxylation is 1. The highest BCUT2D eigenvalue weighted by atomic mass is 16.2. The Balaban J connectivity index is 1.58. The number of nitrogens with zero attached hydrogens (tertiary/aromatic N) is 6. The van der Waals surface area contributed by atoms with Gasteiger partial charge >= 0.3 is 0 Å². The number of carbonyl (C=O) groups excluding carboxylic acids is 1. The molecule has 128 valence electrons. The van der Waals surface area contributed by atoms with Crippen LogP contribution in [0.5, 0.6) is 0 Å². The predicted molar refractivity (Wildman–Crippen MR) is 95.4 cm³/mol. The van der Waals surface area contributed by atoms with Gasteiger partial charge in [0, 0.05) is 11.4 Å². The van der Waals surface area contributed by atoms with Crippen LogP contribution < -0.4 is 5.32 Å². The molecular weight excluding hydrogens is 330 g/mol. The van der Waals surface area contributed by atoms with E-state index >= 15 is 0 Å². The zero-order valence-electron chi connectivity index (χ0n) is 13.9. The molecule has 1 amide bonds. The van der Waals surface area contributed by atoms with E-state index in [4.69, 9.17) is 0 Å². The quantitative estimate of drug-likeness (QED) is 0.613. The number of tetrazole rings is 1. The fourth-order valence-electron chi connectivity index (χ4n) is 2.71. The summed E-state index contributed by atoms with van der Waals surface area (Å²) in [6.45, 7) is 1.93. The maximum Gasteiger partial charge on any atom is 0.274 e. The van der Waals surface area contributed by atoms with Crippen LogP contribution in [0.3, 0.4) is 0 Å². The van der Waals surface area contributed by atoms with Crippen LogP contribution in [-0.4, -0.2) is 35.7 Å². The summed E-state index contributed by atoms with van der Waals surface area (Å²) in [5.74, 6) is -0.235. The van der Waals surface area contributed by atoms with Crippen molar-refractivity contribution < 1.29 is 4.79 Å². The van der Waals surface area contributed by atoms with Crippen molar-refractivity contribution in [3.63, 3.8) is 0 Å². The smallest absolute Gasteiger partial charge is 0.274 e. The van der Waals surface area contributed by atoms with Crippen molar-refractivity contribution in [2.24, 2.45) is 0 Å². The van der Waals surface area contributed by atoms with Crippen LogP contribution in [0.15, 0.2) is 67.4 Å². The normalized spacial score (nSPS) is 10.7. The van der Waals surface area contributed by atoms with Gasteiger partial charge in [-0.2, -0.15) is 0 Å². The number of amides is 1. The van der Waals surface area contributed by atoms with Gasteiger partial charge in [-0.3, -0.25) is 9.36 Å². The van der Waals surface area contributed by atoms with Crippen LogP contribution in [-0.2, 0) is 0 Å². The van der Waals surface area contributed by atoms with E-state index in [9.17, 15) is 4.79 Å². The second kappa shape index (κ2) is 6.60. The average Bonchev–Trinajstić information content (AvgIpc) is 3.34. The number of nitrogens with one attached hydrogen (secondary N) is 1.